The van der Waals surface area contributed by atoms with Gasteiger partial charge >= 0.3 is 5.97 Å². The van der Waals surface area contributed by atoms with Crippen LogP contribution in [0.5, 0.6) is 5.75 Å². The molecular formula is C20H27N3O6S. The molecule has 1 fully saturated rings. The molecule has 164 valence electrons. The van der Waals surface area contributed by atoms with Crippen molar-refractivity contribution in [2.45, 2.75) is 32.4 Å². The summed E-state index contributed by atoms with van der Waals surface area (Å²) in [6.45, 7) is 4.85. The van der Waals surface area contributed by atoms with Crippen LogP contribution in [0.1, 0.15) is 30.6 Å². The zero-order valence-electron chi connectivity index (χ0n) is 17.3. The molecule has 1 aliphatic heterocycles. The number of rotatable bonds is 8. The molecule has 9 nitrogen and oxygen atoms in total. The van der Waals surface area contributed by atoms with Gasteiger partial charge in [0.15, 0.2) is 5.11 Å². The summed E-state index contributed by atoms with van der Waals surface area (Å²) in [5.74, 6) is -0.764. The first-order valence-electron chi connectivity index (χ1n) is 9.62. The Labute approximate surface area is 181 Å². The zero-order chi connectivity index (χ0) is 22.1. The van der Waals surface area contributed by atoms with Gasteiger partial charge in [0.05, 0.1) is 19.1 Å². The molecule has 1 heterocycles. The summed E-state index contributed by atoms with van der Waals surface area (Å²) < 4.78 is 15.5. The van der Waals surface area contributed by atoms with E-state index in [4.69, 9.17) is 26.4 Å². The number of ether oxygens (including phenoxy) is 3. The number of methoxy groups -OCH3 is 1. The Morgan fingerprint density at radius 2 is 2.10 bits per heavy atom. The van der Waals surface area contributed by atoms with Crippen LogP contribution in [0.4, 0.5) is 0 Å². The number of amides is 2. The quantitative estimate of drug-likeness (QED) is 0.351. The molecule has 0 aromatic heterocycles. The lowest BCUT2D eigenvalue weighted by atomic mass is 10.1. The van der Waals surface area contributed by atoms with Crippen LogP contribution in [0.2, 0.25) is 0 Å². The Kier molecular flexibility index (Phi) is 9.00. The molecule has 0 aliphatic carbocycles. The van der Waals surface area contributed by atoms with Crippen molar-refractivity contribution in [3.8, 4) is 5.75 Å². The predicted molar refractivity (Wildman–Crippen MR) is 113 cm³/mol. The molecule has 10 heteroatoms. The zero-order valence-corrected chi connectivity index (χ0v) is 18.1. The number of carbonyl (C=O) groups excluding carboxylic acids is 3. The molecular weight excluding hydrogens is 410 g/mol. The molecule has 2 N–H and O–H groups in total. The normalized spacial score (nSPS) is 16.1. The minimum Gasteiger partial charge on any atom is -0.491 e. The van der Waals surface area contributed by atoms with Crippen LogP contribution in [0.25, 0.3) is 0 Å². The summed E-state index contributed by atoms with van der Waals surface area (Å²) in [7, 11) is 1.50. The third-order valence-electron chi connectivity index (χ3n) is 4.19. The minimum absolute atomic E-state index is 0.0272. The molecule has 1 aromatic rings. The first-order valence-corrected chi connectivity index (χ1v) is 10.0. The highest BCUT2D eigenvalue weighted by atomic mass is 32.1. The first-order chi connectivity index (χ1) is 14.3. The second-order valence-corrected chi connectivity index (χ2v) is 7.26. The van der Waals surface area contributed by atoms with Crippen LogP contribution < -0.4 is 15.4 Å². The van der Waals surface area contributed by atoms with Crippen molar-refractivity contribution < 1.29 is 28.6 Å². The Hall–Kier alpha value is -2.72. The molecule has 0 saturated carbocycles. The van der Waals surface area contributed by atoms with Gasteiger partial charge in [-0.05, 0) is 44.3 Å². The van der Waals surface area contributed by atoms with Crippen molar-refractivity contribution in [2.24, 2.45) is 0 Å². The average molecular weight is 438 g/mol. The highest BCUT2D eigenvalue weighted by molar-refractivity contribution is 7.80. The van der Waals surface area contributed by atoms with E-state index in [1.807, 2.05) is 13.8 Å². The van der Waals surface area contributed by atoms with Crippen molar-refractivity contribution in [1.29, 1.82) is 0 Å². The highest BCUT2D eigenvalue weighted by Crippen LogP contribution is 2.16. The van der Waals surface area contributed by atoms with Gasteiger partial charge in [-0.3, -0.25) is 19.7 Å². The number of nitrogens with zero attached hydrogens (tertiary/aromatic N) is 1. The number of hydrogen-bond donors (Lipinski definition) is 2. The monoisotopic (exact) mass is 437 g/mol. The van der Waals surface area contributed by atoms with Gasteiger partial charge in [-0.2, -0.15) is 0 Å². The van der Waals surface area contributed by atoms with E-state index in [0.717, 1.165) is 0 Å². The van der Waals surface area contributed by atoms with E-state index in [1.54, 1.807) is 24.3 Å². The van der Waals surface area contributed by atoms with Crippen molar-refractivity contribution in [3.05, 3.63) is 29.8 Å². The number of esters is 1. The second-order valence-electron chi connectivity index (χ2n) is 6.87. The van der Waals surface area contributed by atoms with Crippen LogP contribution in [-0.4, -0.2) is 73.4 Å². The number of thiocarbonyl (C=S) groups is 1. The molecule has 0 spiro atoms. The molecule has 1 aromatic carbocycles. The van der Waals surface area contributed by atoms with Gasteiger partial charge < -0.3 is 24.4 Å². The number of nitrogens with one attached hydrogen (secondary N) is 2. The summed E-state index contributed by atoms with van der Waals surface area (Å²) in [6, 6.07) is 5.86. The van der Waals surface area contributed by atoms with Gasteiger partial charge in [-0.15, -0.1) is 0 Å². The number of hydrogen-bond acceptors (Lipinski definition) is 7. The summed E-state index contributed by atoms with van der Waals surface area (Å²) in [5.41, 5.74) is 0.368. The van der Waals surface area contributed by atoms with E-state index in [0.29, 0.717) is 24.4 Å². The predicted octanol–water partition coefficient (Wildman–Crippen LogP) is 0.869. The lowest BCUT2D eigenvalue weighted by molar-refractivity contribution is -0.148. The Morgan fingerprint density at radius 3 is 2.80 bits per heavy atom. The fourth-order valence-electron chi connectivity index (χ4n) is 2.84. The summed E-state index contributed by atoms with van der Waals surface area (Å²) >= 11 is 5.35. The van der Waals surface area contributed by atoms with Crippen molar-refractivity contribution in [3.63, 3.8) is 0 Å². The van der Waals surface area contributed by atoms with E-state index >= 15 is 0 Å². The van der Waals surface area contributed by atoms with Gasteiger partial charge in [0.1, 0.15) is 18.4 Å². The van der Waals surface area contributed by atoms with Gasteiger partial charge in [0.2, 0.25) is 5.91 Å². The lowest BCUT2D eigenvalue weighted by Gasteiger charge is -2.36. The maximum absolute atomic E-state index is 12.6. The number of carbonyl (C=O) groups is 3. The van der Waals surface area contributed by atoms with Crippen LogP contribution in [-0.2, 0) is 19.1 Å². The van der Waals surface area contributed by atoms with Crippen LogP contribution in [0.3, 0.4) is 0 Å². The summed E-state index contributed by atoms with van der Waals surface area (Å²) in [6.07, 6.45) is -0.218. The SMILES string of the molecule is COCCOC(=O)CC1C(=O)NCCN1C(=S)NC(=O)c1cccc(OC(C)C)c1. The molecule has 1 saturated heterocycles. The Morgan fingerprint density at radius 1 is 1.33 bits per heavy atom. The largest absolute Gasteiger partial charge is 0.491 e. The maximum Gasteiger partial charge on any atom is 0.308 e. The molecule has 2 amide bonds. The number of benzene rings is 1. The topological polar surface area (TPSA) is 106 Å². The molecule has 1 atom stereocenters. The van der Waals surface area contributed by atoms with Gasteiger partial charge in [0.25, 0.3) is 5.91 Å². The molecule has 1 aliphatic rings. The fourth-order valence-corrected chi connectivity index (χ4v) is 3.15. The maximum atomic E-state index is 12.6. The van der Waals surface area contributed by atoms with Crippen molar-refractivity contribution >= 4 is 35.1 Å². The van der Waals surface area contributed by atoms with Gasteiger partial charge in [-0.25, -0.2) is 0 Å². The first kappa shape index (κ1) is 23.6. The van der Waals surface area contributed by atoms with Crippen molar-refractivity contribution in [2.75, 3.05) is 33.4 Å². The van der Waals surface area contributed by atoms with E-state index in [9.17, 15) is 14.4 Å². The summed E-state index contributed by atoms with van der Waals surface area (Å²) in [5, 5.41) is 5.40. The van der Waals surface area contributed by atoms with E-state index in [2.05, 4.69) is 10.6 Å². The van der Waals surface area contributed by atoms with Crippen molar-refractivity contribution in [1.82, 2.24) is 15.5 Å². The van der Waals surface area contributed by atoms with Crippen LogP contribution >= 0.6 is 12.2 Å². The van der Waals surface area contributed by atoms with Gasteiger partial charge in [0, 0.05) is 25.8 Å². The van der Waals surface area contributed by atoms with Crippen LogP contribution in [0, 0.1) is 0 Å². The lowest BCUT2D eigenvalue weighted by Crippen LogP contribution is -2.60. The minimum atomic E-state index is -0.864. The Bertz CT molecular complexity index is 786. The smallest absolute Gasteiger partial charge is 0.308 e. The average Bonchev–Trinajstić information content (AvgIpc) is 2.69. The standard InChI is InChI=1S/C20H27N3O6S/c1-13(2)29-15-6-4-5-14(11-15)18(25)22-20(30)23-8-7-21-19(26)16(23)12-17(24)28-10-9-27-3/h4-6,11,13,16H,7-10,12H2,1-3H3,(H,21,26)(H,22,25,30). The van der Waals surface area contributed by atoms with E-state index < -0.39 is 17.9 Å². The third-order valence-corrected chi connectivity index (χ3v) is 4.53. The summed E-state index contributed by atoms with van der Waals surface area (Å²) in [4.78, 5) is 38.5. The second kappa shape index (κ2) is 11.5. The molecule has 2 rings (SSSR count). The third kappa shape index (κ3) is 6.96. The Balaban J connectivity index is 2.03. The molecule has 0 bridgehead atoms. The van der Waals surface area contributed by atoms with Crippen LogP contribution in [0.15, 0.2) is 24.3 Å². The molecule has 1 unspecified atom stereocenters. The fraction of sp³-hybridized carbons (Fsp3) is 0.500. The van der Waals surface area contributed by atoms with E-state index in [-0.39, 0.29) is 36.8 Å². The van der Waals surface area contributed by atoms with E-state index in [1.165, 1.54) is 12.0 Å². The molecule has 0 radical (unpaired) electrons. The highest BCUT2D eigenvalue weighted by Gasteiger charge is 2.34. The number of piperazine rings is 1. The molecule has 30 heavy (non-hydrogen) atoms. The van der Waals surface area contributed by atoms with Gasteiger partial charge in [-0.1, -0.05) is 6.07 Å².